The lowest BCUT2D eigenvalue weighted by atomic mass is 10.1. The zero-order valence-electron chi connectivity index (χ0n) is 14.2. The summed E-state index contributed by atoms with van der Waals surface area (Å²) in [4.78, 5) is 36.9. The Morgan fingerprint density at radius 3 is 2.65 bits per heavy atom. The number of aromatic nitrogens is 1. The summed E-state index contributed by atoms with van der Waals surface area (Å²) in [6.45, 7) is 1.90. The van der Waals surface area contributed by atoms with E-state index >= 15 is 0 Å². The molecule has 0 fully saturated rings. The SMILES string of the molecule is CC(=O)c1ccc(OCCCC(=O)Nc2ccc3oc(=O)[nH]c3c2)cc1. The fraction of sp³-hybridized carbons (Fsp3) is 0.211. The van der Waals surface area contributed by atoms with Crippen LogP contribution in [-0.2, 0) is 4.79 Å². The number of hydrogen-bond acceptors (Lipinski definition) is 5. The van der Waals surface area contributed by atoms with E-state index in [-0.39, 0.29) is 11.7 Å². The van der Waals surface area contributed by atoms with Gasteiger partial charge in [0.25, 0.3) is 0 Å². The summed E-state index contributed by atoms with van der Waals surface area (Å²) in [5.74, 6) is -0.0154. The monoisotopic (exact) mass is 354 g/mol. The molecule has 2 N–H and O–H groups in total. The molecule has 26 heavy (non-hydrogen) atoms. The number of oxazole rings is 1. The van der Waals surface area contributed by atoms with Gasteiger partial charge >= 0.3 is 5.76 Å². The first-order chi connectivity index (χ1) is 12.5. The molecular formula is C19H18N2O5. The minimum atomic E-state index is -0.531. The normalized spacial score (nSPS) is 10.7. The summed E-state index contributed by atoms with van der Waals surface area (Å²) >= 11 is 0. The molecule has 134 valence electrons. The molecule has 7 nitrogen and oxygen atoms in total. The highest BCUT2D eigenvalue weighted by Gasteiger charge is 2.06. The highest BCUT2D eigenvalue weighted by Crippen LogP contribution is 2.17. The number of benzene rings is 2. The zero-order valence-corrected chi connectivity index (χ0v) is 14.2. The standard InChI is InChI=1S/C19H18N2O5/c1-12(22)13-4-7-15(8-5-13)25-10-2-3-18(23)20-14-6-9-17-16(11-14)21-19(24)26-17/h4-9,11H,2-3,10H2,1H3,(H,20,23)(H,21,24). The van der Waals surface area contributed by atoms with Gasteiger partial charge in [0, 0.05) is 17.7 Å². The first-order valence-electron chi connectivity index (χ1n) is 8.18. The molecule has 0 saturated carbocycles. The number of Topliss-reactive ketones (excluding diaryl/α,β-unsaturated/α-hetero) is 1. The lowest BCUT2D eigenvalue weighted by Gasteiger charge is -2.07. The van der Waals surface area contributed by atoms with E-state index in [0.717, 1.165) is 0 Å². The Morgan fingerprint density at radius 2 is 1.92 bits per heavy atom. The Labute approximate surface area is 149 Å². The third kappa shape index (κ3) is 4.38. The second-order valence-corrected chi connectivity index (χ2v) is 5.81. The van der Waals surface area contributed by atoms with Gasteiger partial charge < -0.3 is 14.5 Å². The van der Waals surface area contributed by atoms with Crippen molar-refractivity contribution in [2.45, 2.75) is 19.8 Å². The average molecular weight is 354 g/mol. The first-order valence-corrected chi connectivity index (χ1v) is 8.18. The van der Waals surface area contributed by atoms with Gasteiger partial charge in [-0.05, 0) is 55.8 Å². The number of H-pyrrole nitrogens is 1. The first kappa shape index (κ1) is 17.5. The highest BCUT2D eigenvalue weighted by atomic mass is 16.5. The average Bonchev–Trinajstić information content (AvgIpc) is 2.98. The van der Waals surface area contributed by atoms with Crippen LogP contribution >= 0.6 is 0 Å². The van der Waals surface area contributed by atoms with Crippen LogP contribution in [0.2, 0.25) is 0 Å². The Morgan fingerprint density at radius 1 is 1.15 bits per heavy atom. The third-order valence-corrected chi connectivity index (χ3v) is 3.78. The largest absolute Gasteiger partial charge is 0.494 e. The van der Waals surface area contributed by atoms with Crippen molar-refractivity contribution in [1.82, 2.24) is 4.98 Å². The van der Waals surface area contributed by atoms with E-state index in [0.29, 0.717) is 47.5 Å². The second-order valence-electron chi connectivity index (χ2n) is 5.81. The molecule has 7 heteroatoms. The van der Waals surface area contributed by atoms with Crippen molar-refractivity contribution < 1.29 is 18.7 Å². The number of amides is 1. The van der Waals surface area contributed by atoms with Gasteiger partial charge in [0.1, 0.15) is 5.75 Å². The van der Waals surface area contributed by atoms with Crippen LogP contribution in [0.25, 0.3) is 11.1 Å². The minimum Gasteiger partial charge on any atom is -0.494 e. The third-order valence-electron chi connectivity index (χ3n) is 3.78. The molecule has 0 radical (unpaired) electrons. The molecule has 0 aliphatic heterocycles. The van der Waals surface area contributed by atoms with Gasteiger partial charge in [-0.1, -0.05) is 0 Å². The molecule has 0 atom stereocenters. The summed E-state index contributed by atoms with van der Waals surface area (Å²) in [6, 6.07) is 11.8. The summed E-state index contributed by atoms with van der Waals surface area (Å²) in [5, 5.41) is 2.77. The zero-order chi connectivity index (χ0) is 18.5. The van der Waals surface area contributed by atoms with Crippen LogP contribution in [-0.4, -0.2) is 23.3 Å². The van der Waals surface area contributed by atoms with Crippen LogP contribution in [0.3, 0.4) is 0 Å². The van der Waals surface area contributed by atoms with Crippen molar-refractivity contribution in [2.75, 3.05) is 11.9 Å². The molecule has 0 bridgehead atoms. The number of hydrogen-bond donors (Lipinski definition) is 2. The molecule has 0 aliphatic rings. The van der Waals surface area contributed by atoms with Crippen molar-refractivity contribution in [3.63, 3.8) is 0 Å². The van der Waals surface area contributed by atoms with E-state index in [9.17, 15) is 14.4 Å². The van der Waals surface area contributed by atoms with E-state index in [1.54, 1.807) is 42.5 Å². The number of carbonyl (C=O) groups is 2. The van der Waals surface area contributed by atoms with Gasteiger partial charge in [-0.2, -0.15) is 0 Å². The molecule has 1 amide bonds. The van der Waals surface area contributed by atoms with Crippen molar-refractivity contribution in [3.05, 3.63) is 58.6 Å². The van der Waals surface area contributed by atoms with E-state index < -0.39 is 5.76 Å². The van der Waals surface area contributed by atoms with E-state index in [2.05, 4.69) is 10.3 Å². The molecule has 0 aliphatic carbocycles. The Bertz CT molecular complexity index is 985. The van der Waals surface area contributed by atoms with Crippen LogP contribution in [0.5, 0.6) is 5.75 Å². The molecule has 0 unspecified atom stereocenters. The van der Waals surface area contributed by atoms with Gasteiger partial charge in [0.2, 0.25) is 5.91 Å². The molecule has 3 rings (SSSR count). The van der Waals surface area contributed by atoms with Crippen LogP contribution < -0.4 is 15.8 Å². The fourth-order valence-corrected chi connectivity index (χ4v) is 2.46. The molecule has 3 aromatic rings. The Hall–Kier alpha value is -3.35. The summed E-state index contributed by atoms with van der Waals surface area (Å²) < 4.78 is 10.5. The summed E-state index contributed by atoms with van der Waals surface area (Å²) in [6.07, 6.45) is 0.844. The Kier molecular flexibility index (Phi) is 5.17. The minimum absolute atomic E-state index is 0.00547. The quantitative estimate of drug-likeness (QED) is 0.501. The van der Waals surface area contributed by atoms with Crippen LogP contribution in [0, 0.1) is 0 Å². The van der Waals surface area contributed by atoms with Crippen LogP contribution in [0.4, 0.5) is 5.69 Å². The smallest absolute Gasteiger partial charge is 0.417 e. The van der Waals surface area contributed by atoms with Gasteiger partial charge in [-0.3, -0.25) is 14.6 Å². The van der Waals surface area contributed by atoms with E-state index in [1.807, 2.05) is 0 Å². The van der Waals surface area contributed by atoms with Gasteiger partial charge in [0.05, 0.1) is 12.1 Å². The molecule has 1 aromatic heterocycles. The lowest BCUT2D eigenvalue weighted by Crippen LogP contribution is -2.12. The summed E-state index contributed by atoms with van der Waals surface area (Å²) in [7, 11) is 0. The van der Waals surface area contributed by atoms with Crippen LogP contribution in [0.15, 0.2) is 51.7 Å². The van der Waals surface area contributed by atoms with Gasteiger partial charge in [0.15, 0.2) is 11.4 Å². The number of fused-ring (bicyclic) bond motifs is 1. The number of ketones is 1. The summed E-state index contributed by atoms with van der Waals surface area (Å²) in [5.41, 5.74) is 2.19. The topological polar surface area (TPSA) is 101 Å². The maximum absolute atomic E-state index is 12.0. The molecule has 0 spiro atoms. The highest BCUT2D eigenvalue weighted by molar-refractivity contribution is 5.94. The molecule has 0 saturated heterocycles. The van der Waals surface area contributed by atoms with Crippen molar-refractivity contribution in [3.8, 4) is 5.75 Å². The predicted octanol–water partition coefficient (Wildman–Crippen LogP) is 3.12. The molecular weight excluding hydrogens is 336 g/mol. The number of anilines is 1. The van der Waals surface area contributed by atoms with Crippen molar-refractivity contribution in [2.24, 2.45) is 0 Å². The number of aromatic amines is 1. The van der Waals surface area contributed by atoms with E-state index in [4.69, 9.17) is 9.15 Å². The van der Waals surface area contributed by atoms with Crippen molar-refractivity contribution >= 4 is 28.5 Å². The number of nitrogens with one attached hydrogen (secondary N) is 2. The molecule has 1 heterocycles. The maximum Gasteiger partial charge on any atom is 0.417 e. The van der Waals surface area contributed by atoms with Gasteiger partial charge in [-0.15, -0.1) is 0 Å². The van der Waals surface area contributed by atoms with Crippen molar-refractivity contribution in [1.29, 1.82) is 0 Å². The Balaban J connectivity index is 1.44. The maximum atomic E-state index is 12.0. The molecule has 2 aromatic carbocycles. The fourth-order valence-electron chi connectivity index (χ4n) is 2.46. The second kappa shape index (κ2) is 7.69. The predicted molar refractivity (Wildman–Crippen MR) is 96.6 cm³/mol. The number of rotatable bonds is 7. The van der Waals surface area contributed by atoms with Gasteiger partial charge in [-0.25, -0.2) is 4.79 Å². The van der Waals surface area contributed by atoms with Crippen LogP contribution in [0.1, 0.15) is 30.1 Å². The van der Waals surface area contributed by atoms with E-state index in [1.165, 1.54) is 6.92 Å². The lowest BCUT2D eigenvalue weighted by molar-refractivity contribution is -0.116. The number of ether oxygens (including phenoxy) is 1. The number of carbonyl (C=O) groups excluding carboxylic acids is 2.